The van der Waals surface area contributed by atoms with Gasteiger partial charge in [-0.1, -0.05) is 30.3 Å². The molecule has 0 radical (unpaired) electrons. The number of carbonyl (C=O) groups is 1. The Bertz CT molecular complexity index is 726. The number of halogens is 1. The molecule has 1 atom stereocenters. The van der Waals surface area contributed by atoms with E-state index in [-0.39, 0.29) is 18.3 Å². The van der Waals surface area contributed by atoms with E-state index in [0.717, 1.165) is 24.2 Å². The molecule has 5 heteroatoms. The summed E-state index contributed by atoms with van der Waals surface area (Å²) in [6.45, 7) is 1.38. The number of hydrogen-bond donors (Lipinski definition) is 0. The Balaban J connectivity index is 1.71. The maximum absolute atomic E-state index is 14.1. The second-order valence-electron chi connectivity index (χ2n) is 6.45. The molecule has 2 aromatic rings. The van der Waals surface area contributed by atoms with Crippen molar-refractivity contribution < 1.29 is 18.7 Å². The highest BCUT2D eigenvalue weighted by molar-refractivity contribution is 5.81. The van der Waals surface area contributed by atoms with E-state index >= 15 is 0 Å². The monoisotopic (exact) mass is 357 g/mol. The average Bonchev–Trinajstić information content (AvgIpc) is 3.21. The molecule has 1 heterocycles. The molecule has 0 spiro atoms. The van der Waals surface area contributed by atoms with E-state index in [0.29, 0.717) is 25.1 Å². The molecule has 26 heavy (non-hydrogen) atoms. The molecule has 0 bridgehead atoms. The van der Waals surface area contributed by atoms with Gasteiger partial charge in [0.25, 0.3) is 5.91 Å². The summed E-state index contributed by atoms with van der Waals surface area (Å²) in [5.74, 6) is 0.453. The Morgan fingerprint density at radius 3 is 2.65 bits per heavy atom. The quantitative estimate of drug-likeness (QED) is 0.760. The van der Waals surface area contributed by atoms with Gasteiger partial charge in [0.15, 0.2) is 0 Å². The molecule has 1 saturated heterocycles. The summed E-state index contributed by atoms with van der Waals surface area (Å²) in [5.41, 5.74) is 1.62. The van der Waals surface area contributed by atoms with Crippen LogP contribution in [0, 0.1) is 5.82 Å². The molecular formula is C21H24FNO3. The summed E-state index contributed by atoms with van der Waals surface area (Å²) < 4.78 is 24.8. The maximum Gasteiger partial charge on any atom is 0.252 e. The molecule has 0 N–H and O–H groups in total. The van der Waals surface area contributed by atoms with E-state index in [2.05, 4.69) is 0 Å². The van der Waals surface area contributed by atoms with Crippen LogP contribution in [0.2, 0.25) is 0 Å². The number of benzene rings is 2. The second-order valence-corrected chi connectivity index (χ2v) is 6.45. The van der Waals surface area contributed by atoms with E-state index in [4.69, 9.17) is 9.47 Å². The standard InChI is InChI=1S/C21H24FNO3/c1-25-18-10-8-16(9-11-18)12-13-23(21(24)20-7-4-14-26-20)15-17-5-2-3-6-19(17)22/h2-3,5-6,8-11,20H,4,7,12-15H2,1H3/t20-/m1/s1. The van der Waals surface area contributed by atoms with Crippen molar-refractivity contribution in [3.8, 4) is 5.75 Å². The largest absolute Gasteiger partial charge is 0.497 e. The SMILES string of the molecule is COc1ccc(CCN(Cc2ccccc2F)C(=O)[C@H]2CCCO2)cc1. The number of nitrogens with zero attached hydrogens (tertiary/aromatic N) is 1. The number of carbonyl (C=O) groups excluding carboxylic acids is 1. The van der Waals surface area contributed by atoms with Gasteiger partial charge in [-0.2, -0.15) is 0 Å². The van der Waals surface area contributed by atoms with Crippen LogP contribution in [0.3, 0.4) is 0 Å². The Kier molecular flexibility index (Phi) is 6.23. The molecule has 0 unspecified atom stereocenters. The highest BCUT2D eigenvalue weighted by Crippen LogP contribution is 2.19. The lowest BCUT2D eigenvalue weighted by molar-refractivity contribution is -0.141. The summed E-state index contributed by atoms with van der Waals surface area (Å²) in [6, 6.07) is 14.4. The summed E-state index contributed by atoms with van der Waals surface area (Å²) in [6.07, 6.45) is 1.91. The Morgan fingerprint density at radius 1 is 1.23 bits per heavy atom. The zero-order valence-electron chi connectivity index (χ0n) is 15.0. The maximum atomic E-state index is 14.1. The smallest absolute Gasteiger partial charge is 0.252 e. The number of amides is 1. The van der Waals surface area contributed by atoms with Gasteiger partial charge in [-0.3, -0.25) is 4.79 Å². The van der Waals surface area contributed by atoms with Gasteiger partial charge in [0, 0.05) is 25.3 Å². The van der Waals surface area contributed by atoms with Gasteiger partial charge in [-0.15, -0.1) is 0 Å². The number of methoxy groups -OCH3 is 1. The van der Waals surface area contributed by atoms with Crippen LogP contribution in [-0.4, -0.2) is 37.2 Å². The van der Waals surface area contributed by atoms with Crippen LogP contribution in [0.15, 0.2) is 48.5 Å². The fraction of sp³-hybridized carbons (Fsp3) is 0.381. The summed E-state index contributed by atoms with van der Waals surface area (Å²) in [7, 11) is 1.63. The second kappa shape index (κ2) is 8.81. The van der Waals surface area contributed by atoms with E-state index in [1.54, 1.807) is 30.2 Å². The molecule has 2 aromatic carbocycles. The highest BCUT2D eigenvalue weighted by Gasteiger charge is 2.28. The minimum Gasteiger partial charge on any atom is -0.497 e. The van der Waals surface area contributed by atoms with Crippen LogP contribution in [0.1, 0.15) is 24.0 Å². The third kappa shape index (κ3) is 4.61. The van der Waals surface area contributed by atoms with Gasteiger partial charge in [0.2, 0.25) is 0 Å². The van der Waals surface area contributed by atoms with Gasteiger partial charge in [-0.05, 0) is 43.0 Å². The topological polar surface area (TPSA) is 38.8 Å². The lowest BCUT2D eigenvalue weighted by atomic mass is 10.1. The van der Waals surface area contributed by atoms with Crippen LogP contribution in [0.25, 0.3) is 0 Å². The van der Waals surface area contributed by atoms with Gasteiger partial charge >= 0.3 is 0 Å². The molecule has 0 saturated carbocycles. The van der Waals surface area contributed by atoms with Crippen molar-refractivity contribution in [1.82, 2.24) is 4.90 Å². The lowest BCUT2D eigenvalue weighted by Gasteiger charge is -2.26. The van der Waals surface area contributed by atoms with Crippen molar-refractivity contribution in [2.24, 2.45) is 0 Å². The van der Waals surface area contributed by atoms with Crippen LogP contribution in [-0.2, 0) is 22.5 Å². The van der Waals surface area contributed by atoms with Crippen molar-refractivity contribution in [2.45, 2.75) is 31.9 Å². The fourth-order valence-electron chi connectivity index (χ4n) is 3.13. The Morgan fingerprint density at radius 2 is 2.00 bits per heavy atom. The van der Waals surface area contributed by atoms with E-state index in [9.17, 15) is 9.18 Å². The third-order valence-corrected chi connectivity index (χ3v) is 4.67. The molecule has 0 aliphatic carbocycles. The van der Waals surface area contributed by atoms with Crippen molar-refractivity contribution in [1.29, 1.82) is 0 Å². The fourth-order valence-corrected chi connectivity index (χ4v) is 3.13. The van der Waals surface area contributed by atoms with Gasteiger partial charge in [-0.25, -0.2) is 4.39 Å². The van der Waals surface area contributed by atoms with E-state index < -0.39 is 6.10 Å². The first-order valence-electron chi connectivity index (χ1n) is 8.94. The van der Waals surface area contributed by atoms with Crippen LogP contribution < -0.4 is 4.74 Å². The molecule has 1 aliphatic heterocycles. The van der Waals surface area contributed by atoms with Gasteiger partial charge in [0.05, 0.1) is 7.11 Å². The predicted octanol–water partition coefficient (Wildman–Crippen LogP) is 3.58. The molecular weight excluding hydrogens is 333 g/mol. The van der Waals surface area contributed by atoms with E-state index in [1.165, 1.54) is 6.07 Å². The minimum absolute atomic E-state index is 0.0562. The molecule has 3 rings (SSSR count). The van der Waals surface area contributed by atoms with Crippen LogP contribution >= 0.6 is 0 Å². The first kappa shape index (κ1) is 18.4. The highest BCUT2D eigenvalue weighted by atomic mass is 19.1. The average molecular weight is 357 g/mol. The lowest BCUT2D eigenvalue weighted by Crippen LogP contribution is -2.39. The van der Waals surface area contributed by atoms with Crippen molar-refractivity contribution in [2.75, 3.05) is 20.3 Å². The Hall–Kier alpha value is -2.40. The van der Waals surface area contributed by atoms with Crippen LogP contribution in [0.5, 0.6) is 5.75 Å². The molecule has 4 nitrogen and oxygen atoms in total. The molecule has 1 amide bonds. The van der Waals surface area contributed by atoms with Crippen LogP contribution in [0.4, 0.5) is 4.39 Å². The summed E-state index contributed by atoms with van der Waals surface area (Å²) in [5, 5.41) is 0. The molecule has 138 valence electrons. The summed E-state index contributed by atoms with van der Waals surface area (Å²) in [4.78, 5) is 14.5. The third-order valence-electron chi connectivity index (χ3n) is 4.67. The molecule has 1 fully saturated rings. The van der Waals surface area contributed by atoms with Crippen molar-refractivity contribution in [3.63, 3.8) is 0 Å². The normalized spacial score (nSPS) is 16.5. The predicted molar refractivity (Wildman–Crippen MR) is 97.5 cm³/mol. The Labute approximate surface area is 153 Å². The van der Waals surface area contributed by atoms with Crippen molar-refractivity contribution >= 4 is 5.91 Å². The minimum atomic E-state index is -0.405. The first-order valence-corrected chi connectivity index (χ1v) is 8.94. The molecule has 0 aromatic heterocycles. The zero-order chi connectivity index (χ0) is 18.4. The zero-order valence-corrected chi connectivity index (χ0v) is 15.0. The van der Waals surface area contributed by atoms with E-state index in [1.807, 2.05) is 24.3 Å². The summed E-state index contributed by atoms with van der Waals surface area (Å²) >= 11 is 0. The molecule has 1 aliphatic rings. The van der Waals surface area contributed by atoms with Gasteiger partial charge < -0.3 is 14.4 Å². The number of hydrogen-bond acceptors (Lipinski definition) is 3. The first-order chi connectivity index (χ1) is 12.7. The van der Waals surface area contributed by atoms with Crippen molar-refractivity contribution in [3.05, 3.63) is 65.5 Å². The van der Waals surface area contributed by atoms with Gasteiger partial charge in [0.1, 0.15) is 17.7 Å². The number of ether oxygens (including phenoxy) is 2. The number of rotatable bonds is 7.